The molecule has 0 unspecified atom stereocenters. The highest BCUT2D eigenvalue weighted by molar-refractivity contribution is 6.04. The van der Waals surface area contributed by atoms with Crippen LogP contribution in [0.1, 0.15) is 65.9 Å². The first-order valence-corrected chi connectivity index (χ1v) is 12.6. The van der Waals surface area contributed by atoms with Gasteiger partial charge in [0, 0.05) is 23.1 Å². The number of hydrogen-bond acceptors (Lipinski definition) is 5. The second-order valence-electron chi connectivity index (χ2n) is 9.55. The maximum Gasteiger partial charge on any atom is 0.336 e. The van der Waals surface area contributed by atoms with E-state index in [9.17, 15) is 9.90 Å². The Morgan fingerprint density at radius 3 is 2.41 bits per heavy atom. The van der Waals surface area contributed by atoms with E-state index in [1.54, 1.807) is 0 Å². The van der Waals surface area contributed by atoms with Crippen molar-refractivity contribution in [2.45, 2.75) is 46.0 Å². The van der Waals surface area contributed by atoms with Gasteiger partial charge in [0.1, 0.15) is 0 Å². The number of carbonyl (C=O) groups is 1. The van der Waals surface area contributed by atoms with Crippen LogP contribution in [0, 0.1) is 0 Å². The normalized spacial score (nSPS) is 11.4. The fraction of sp³-hybridized carbons (Fsp3) is 0.233. The van der Waals surface area contributed by atoms with Gasteiger partial charge in [-0.2, -0.15) is 5.21 Å². The molecule has 0 aliphatic carbocycles. The monoisotopic (exact) mass is 491 g/mol. The molecule has 186 valence electrons. The van der Waals surface area contributed by atoms with Crippen LogP contribution in [-0.4, -0.2) is 36.7 Å². The molecule has 2 heterocycles. The summed E-state index contributed by atoms with van der Waals surface area (Å²) < 4.78 is 0. The minimum absolute atomic E-state index is 0.299. The van der Waals surface area contributed by atoms with Crippen LogP contribution in [0.25, 0.3) is 33.4 Å². The maximum atomic E-state index is 12.6. The van der Waals surface area contributed by atoms with E-state index < -0.39 is 5.97 Å². The predicted octanol–water partition coefficient (Wildman–Crippen LogP) is 6.45. The van der Waals surface area contributed by atoms with Crippen molar-refractivity contribution >= 4 is 16.9 Å². The summed E-state index contributed by atoms with van der Waals surface area (Å²) in [5, 5.41) is 25.5. The van der Waals surface area contributed by atoms with Crippen LogP contribution >= 0.6 is 0 Å². The molecule has 37 heavy (non-hydrogen) atoms. The van der Waals surface area contributed by atoms with Crippen molar-refractivity contribution in [2.75, 3.05) is 0 Å². The smallest absolute Gasteiger partial charge is 0.336 e. The molecular formula is C30H29N5O2. The number of aromatic nitrogens is 5. The van der Waals surface area contributed by atoms with E-state index in [1.807, 2.05) is 42.5 Å². The van der Waals surface area contributed by atoms with Crippen LogP contribution < -0.4 is 0 Å². The third-order valence-electron chi connectivity index (χ3n) is 6.72. The number of pyridine rings is 1. The van der Waals surface area contributed by atoms with Crippen molar-refractivity contribution in [1.82, 2.24) is 25.6 Å². The molecule has 0 radical (unpaired) electrons. The third-order valence-corrected chi connectivity index (χ3v) is 6.72. The van der Waals surface area contributed by atoms with Gasteiger partial charge in [-0.25, -0.2) is 4.79 Å². The second-order valence-corrected chi connectivity index (χ2v) is 9.55. The number of nitrogens with zero attached hydrogens (tertiary/aromatic N) is 4. The van der Waals surface area contributed by atoms with Crippen LogP contribution in [0.15, 0.2) is 66.7 Å². The largest absolute Gasteiger partial charge is 0.478 e. The molecule has 0 atom stereocenters. The first-order chi connectivity index (χ1) is 18.0. The molecule has 5 aromatic rings. The predicted molar refractivity (Wildman–Crippen MR) is 145 cm³/mol. The number of aromatic amines is 1. The topological polar surface area (TPSA) is 105 Å². The molecule has 0 amide bonds. The highest BCUT2D eigenvalue weighted by Gasteiger charge is 2.21. The summed E-state index contributed by atoms with van der Waals surface area (Å²) in [6.45, 7) is 6.31. The molecule has 0 aliphatic heterocycles. The fourth-order valence-corrected chi connectivity index (χ4v) is 4.82. The van der Waals surface area contributed by atoms with Crippen molar-refractivity contribution in [3.63, 3.8) is 0 Å². The minimum Gasteiger partial charge on any atom is -0.478 e. The highest BCUT2D eigenvalue weighted by atomic mass is 16.4. The molecule has 3 aromatic carbocycles. The lowest BCUT2D eigenvalue weighted by molar-refractivity contribution is 0.0697. The molecule has 0 bridgehead atoms. The maximum absolute atomic E-state index is 12.6. The number of carboxylic acid groups (broad SMARTS) is 1. The summed E-state index contributed by atoms with van der Waals surface area (Å²) in [4.78, 5) is 17.5. The van der Waals surface area contributed by atoms with Gasteiger partial charge in [0.2, 0.25) is 5.82 Å². The number of tetrazole rings is 1. The van der Waals surface area contributed by atoms with E-state index in [1.165, 1.54) is 0 Å². The van der Waals surface area contributed by atoms with Gasteiger partial charge in [-0.3, -0.25) is 4.98 Å². The van der Waals surface area contributed by atoms with E-state index in [2.05, 4.69) is 65.7 Å². The zero-order valence-corrected chi connectivity index (χ0v) is 21.2. The van der Waals surface area contributed by atoms with Gasteiger partial charge in [0.05, 0.1) is 11.1 Å². The Labute approximate surface area is 215 Å². The lowest BCUT2D eigenvalue weighted by Gasteiger charge is -2.17. The molecule has 2 N–H and O–H groups in total. The van der Waals surface area contributed by atoms with E-state index in [0.29, 0.717) is 29.1 Å². The third kappa shape index (κ3) is 4.85. The zero-order valence-electron chi connectivity index (χ0n) is 21.2. The van der Waals surface area contributed by atoms with Crippen LogP contribution in [0.3, 0.4) is 0 Å². The van der Waals surface area contributed by atoms with Crippen molar-refractivity contribution in [3.8, 4) is 22.5 Å². The van der Waals surface area contributed by atoms with Crippen molar-refractivity contribution in [2.24, 2.45) is 0 Å². The molecule has 7 nitrogen and oxygen atoms in total. The lowest BCUT2D eigenvalue weighted by atomic mass is 9.90. The summed E-state index contributed by atoms with van der Waals surface area (Å²) in [5.41, 5.74) is 7.81. The molecule has 0 fully saturated rings. The molecule has 2 aromatic heterocycles. The average Bonchev–Trinajstić information content (AvgIpc) is 3.44. The standard InChI is InChI=1S/C30H29N5O2/c1-4-7-26-24(28(30(36)37)25-17-21(18(2)3)14-15-27(25)31-26)16-19-10-12-20(13-11-19)22-8-5-6-9-23(22)29-32-34-35-33-29/h5-6,8-15,17-18H,4,7,16H2,1-3H3,(H,36,37)(H,32,33,34,35). The van der Waals surface area contributed by atoms with Crippen LogP contribution in [0.5, 0.6) is 0 Å². The van der Waals surface area contributed by atoms with Gasteiger partial charge in [0.15, 0.2) is 0 Å². The summed E-state index contributed by atoms with van der Waals surface area (Å²) in [6.07, 6.45) is 2.12. The first kappa shape index (κ1) is 24.3. The SMILES string of the molecule is CCCc1nc2ccc(C(C)C)cc2c(C(=O)O)c1Cc1ccc(-c2ccccc2-c2nn[nH]n2)cc1. The van der Waals surface area contributed by atoms with Gasteiger partial charge >= 0.3 is 5.97 Å². The molecule has 7 heteroatoms. The average molecular weight is 492 g/mol. The number of hydrogen-bond donors (Lipinski definition) is 2. The van der Waals surface area contributed by atoms with Crippen molar-refractivity contribution in [1.29, 1.82) is 0 Å². The number of benzene rings is 3. The summed E-state index contributed by atoms with van der Waals surface area (Å²) >= 11 is 0. The number of aromatic carboxylic acids is 1. The van der Waals surface area contributed by atoms with E-state index in [0.717, 1.165) is 57.4 Å². The molecular weight excluding hydrogens is 462 g/mol. The number of rotatable bonds is 8. The number of H-pyrrole nitrogens is 1. The van der Waals surface area contributed by atoms with Gasteiger partial charge in [-0.15, -0.1) is 10.2 Å². The quantitative estimate of drug-likeness (QED) is 0.259. The van der Waals surface area contributed by atoms with Gasteiger partial charge in [-0.05, 0) is 57.5 Å². The van der Waals surface area contributed by atoms with Crippen LogP contribution in [0.2, 0.25) is 0 Å². The van der Waals surface area contributed by atoms with E-state index in [4.69, 9.17) is 4.98 Å². The van der Waals surface area contributed by atoms with Crippen molar-refractivity contribution in [3.05, 3.63) is 94.7 Å². The zero-order chi connectivity index (χ0) is 25.9. The Morgan fingerprint density at radius 1 is 1.00 bits per heavy atom. The Kier molecular flexibility index (Phi) is 6.77. The van der Waals surface area contributed by atoms with Crippen LogP contribution in [0.4, 0.5) is 0 Å². The van der Waals surface area contributed by atoms with Gasteiger partial charge in [-0.1, -0.05) is 81.8 Å². The Bertz CT molecular complexity index is 1560. The van der Waals surface area contributed by atoms with Gasteiger partial charge in [0.25, 0.3) is 0 Å². The number of fused-ring (bicyclic) bond motifs is 1. The molecule has 0 aliphatic rings. The van der Waals surface area contributed by atoms with E-state index >= 15 is 0 Å². The fourth-order valence-electron chi connectivity index (χ4n) is 4.82. The first-order valence-electron chi connectivity index (χ1n) is 12.6. The Balaban J connectivity index is 1.57. The number of nitrogens with one attached hydrogen (secondary N) is 1. The molecule has 0 saturated carbocycles. The van der Waals surface area contributed by atoms with E-state index in [-0.39, 0.29) is 0 Å². The molecule has 0 saturated heterocycles. The number of carboxylic acids is 1. The van der Waals surface area contributed by atoms with Gasteiger partial charge < -0.3 is 5.11 Å². The van der Waals surface area contributed by atoms with Crippen molar-refractivity contribution < 1.29 is 9.90 Å². The molecule has 5 rings (SSSR count). The lowest BCUT2D eigenvalue weighted by Crippen LogP contribution is -2.11. The summed E-state index contributed by atoms with van der Waals surface area (Å²) in [6, 6.07) is 22.1. The Hall–Kier alpha value is -4.39. The summed E-state index contributed by atoms with van der Waals surface area (Å²) in [5.74, 6) is -0.0722. The second kappa shape index (κ2) is 10.3. The number of aryl methyl sites for hydroxylation is 1. The highest BCUT2D eigenvalue weighted by Crippen LogP contribution is 2.32. The summed E-state index contributed by atoms with van der Waals surface area (Å²) in [7, 11) is 0. The minimum atomic E-state index is -0.911. The molecule has 0 spiro atoms. The Morgan fingerprint density at radius 2 is 1.76 bits per heavy atom. The van der Waals surface area contributed by atoms with Crippen LogP contribution in [-0.2, 0) is 12.8 Å².